The molecule has 0 amide bonds. The first kappa shape index (κ1) is 13.9. The first-order valence-electron chi connectivity index (χ1n) is 5.90. The average Bonchev–Trinajstić information content (AvgIpc) is 2.16. The van der Waals surface area contributed by atoms with E-state index >= 15 is 0 Å². The molecule has 3 atom stereocenters. The van der Waals surface area contributed by atoms with Gasteiger partial charge in [-0.1, -0.05) is 40.5 Å². The van der Waals surface area contributed by atoms with Crippen molar-refractivity contribution in [2.45, 2.75) is 71.5 Å². The molecule has 0 saturated heterocycles. The zero-order chi connectivity index (χ0) is 11.2. The Morgan fingerprint density at radius 2 is 1.79 bits per heavy atom. The molecule has 0 aromatic heterocycles. The van der Waals surface area contributed by atoms with Gasteiger partial charge in [0.25, 0.3) is 0 Å². The highest BCUT2D eigenvalue weighted by atomic mass is 16.3. The summed E-state index contributed by atoms with van der Waals surface area (Å²) in [4.78, 5) is 0. The van der Waals surface area contributed by atoms with Gasteiger partial charge >= 0.3 is 0 Å². The maximum absolute atomic E-state index is 10.3. The van der Waals surface area contributed by atoms with Crippen LogP contribution in [0.25, 0.3) is 0 Å². The van der Waals surface area contributed by atoms with E-state index in [2.05, 4.69) is 20.8 Å². The fourth-order valence-electron chi connectivity index (χ4n) is 1.92. The third-order valence-electron chi connectivity index (χ3n) is 3.35. The lowest BCUT2D eigenvalue weighted by Gasteiger charge is -2.34. The minimum absolute atomic E-state index is 0.263. The molecule has 14 heavy (non-hydrogen) atoms. The molecule has 0 aromatic rings. The van der Waals surface area contributed by atoms with Gasteiger partial charge in [0.1, 0.15) is 0 Å². The normalized spacial score (nSPS) is 20.1. The summed E-state index contributed by atoms with van der Waals surface area (Å²) >= 11 is 0. The monoisotopic (exact) mass is 202 g/mol. The van der Waals surface area contributed by atoms with E-state index in [0.29, 0.717) is 6.42 Å². The maximum atomic E-state index is 10.3. The highest BCUT2D eigenvalue weighted by Crippen LogP contribution is 2.29. The first-order valence-corrected chi connectivity index (χ1v) is 5.90. The van der Waals surface area contributed by atoms with Crippen LogP contribution in [-0.4, -0.2) is 21.9 Å². The Morgan fingerprint density at radius 3 is 2.14 bits per heavy atom. The van der Waals surface area contributed by atoms with Crippen LogP contribution in [0.15, 0.2) is 0 Å². The SMILES string of the molecule is CCCC(O)CC(O)(CC)C(C)CC. The van der Waals surface area contributed by atoms with Crippen LogP contribution < -0.4 is 0 Å². The molecule has 2 N–H and O–H groups in total. The van der Waals surface area contributed by atoms with Crippen molar-refractivity contribution in [1.29, 1.82) is 0 Å². The van der Waals surface area contributed by atoms with Crippen molar-refractivity contribution in [1.82, 2.24) is 0 Å². The second kappa shape index (κ2) is 6.41. The minimum Gasteiger partial charge on any atom is -0.393 e. The van der Waals surface area contributed by atoms with Gasteiger partial charge in [-0.2, -0.15) is 0 Å². The third kappa shape index (κ3) is 3.97. The Labute approximate surface area is 88.3 Å². The summed E-state index contributed by atoms with van der Waals surface area (Å²) in [5.74, 6) is 0.263. The number of aliphatic hydroxyl groups excluding tert-OH is 1. The van der Waals surface area contributed by atoms with Crippen LogP contribution in [0.5, 0.6) is 0 Å². The maximum Gasteiger partial charge on any atom is 0.0695 e. The molecule has 0 aliphatic heterocycles. The lowest BCUT2D eigenvalue weighted by Crippen LogP contribution is -2.39. The molecule has 0 fully saturated rings. The van der Waals surface area contributed by atoms with E-state index in [1.54, 1.807) is 0 Å². The number of hydrogen-bond acceptors (Lipinski definition) is 2. The Hall–Kier alpha value is -0.0800. The summed E-state index contributed by atoms with van der Waals surface area (Å²) in [6.45, 7) is 8.18. The van der Waals surface area contributed by atoms with Crippen LogP contribution in [0.3, 0.4) is 0 Å². The Kier molecular flexibility index (Phi) is 6.38. The largest absolute Gasteiger partial charge is 0.393 e. The molecule has 0 saturated carbocycles. The Balaban J connectivity index is 4.23. The van der Waals surface area contributed by atoms with Crippen molar-refractivity contribution in [3.63, 3.8) is 0 Å². The predicted molar refractivity (Wildman–Crippen MR) is 60.2 cm³/mol. The first-order chi connectivity index (χ1) is 6.50. The molecular formula is C12H26O2. The van der Waals surface area contributed by atoms with Crippen molar-refractivity contribution in [3.8, 4) is 0 Å². The van der Waals surface area contributed by atoms with E-state index < -0.39 is 5.60 Å². The lowest BCUT2D eigenvalue weighted by molar-refractivity contribution is -0.0564. The summed E-state index contributed by atoms with van der Waals surface area (Å²) in [6.07, 6.45) is 3.62. The Morgan fingerprint density at radius 1 is 1.21 bits per heavy atom. The molecule has 0 bridgehead atoms. The van der Waals surface area contributed by atoms with Crippen molar-refractivity contribution >= 4 is 0 Å². The average molecular weight is 202 g/mol. The van der Waals surface area contributed by atoms with Crippen LogP contribution in [0.4, 0.5) is 0 Å². The summed E-state index contributed by atoms with van der Waals surface area (Å²) < 4.78 is 0. The second-order valence-corrected chi connectivity index (χ2v) is 4.41. The lowest BCUT2D eigenvalue weighted by atomic mass is 9.80. The summed E-state index contributed by atoms with van der Waals surface area (Å²) in [7, 11) is 0. The van der Waals surface area contributed by atoms with Gasteiger partial charge < -0.3 is 10.2 Å². The van der Waals surface area contributed by atoms with E-state index in [1.165, 1.54) is 0 Å². The van der Waals surface area contributed by atoms with Crippen molar-refractivity contribution < 1.29 is 10.2 Å². The van der Waals surface area contributed by atoms with Gasteiger partial charge in [-0.05, 0) is 18.8 Å². The molecule has 0 aromatic carbocycles. The van der Waals surface area contributed by atoms with Crippen molar-refractivity contribution in [2.75, 3.05) is 0 Å². The molecule has 0 heterocycles. The van der Waals surface area contributed by atoms with E-state index in [4.69, 9.17) is 0 Å². The van der Waals surface area contributed by atoms with Gasteiger partial charge in [0, 0.05) is 6.42 Å². The standard InChI is InChI=1S/C12H26O2/c1-5-8-11(13)9-12(14,7-3)10(4)6-2/h10-11,13-14H,5-9H2,1-4H3. The zero-order valence-electron chi connectivity index (χ0n) is 10.1. The predicted octanol–water partition coefficient (Wildman–Crippen LogP) is 2.72. The molecule has 0 aliphatic rings. The van der Waals surface area contributed by atoms with Crippen LogP contribution in [-0.2, 0) is 0 Å². The minimum atomic E-state index is -0.677. The highest BCUT2D eigenvalue weighted by molar-refractivity contribution is 4.84. The van der Waals surface area contributed by atoms with Crippen LogP contribution in [0.2, 0.25) is 0 Å². The van der Waals surface area contributed by atoms with Crippen molar-refractivity contribution in [2.24, 2.45) is 5.92 Å². The molecular weight excluding hydrogens is 176 g/mol. The molecule has 2 heteroatoms. The summed E-state index contributed by atoms with van der Waals surface area (Å²) in [5, 5.41) is 20.0. The second-order valence-electron chi connectivity index (χ2n) is 4.41. The van der Waals surface area contributed by atoms with Gasteiger partial charge in [0.2, 0.25) is 0 Å². The quantitative estimate of drug-likeness (QED) is 0.666. The fraction of sp³-hybridized carbons (Fsp3) is 1.00. The number of hydrogen-bond donors (Lipinski definition) is 2. The molecule has 0 aliphatic carbocycles. The van der Waals surface area contributed by atoms with E-state index in [1.807, 2.05) is 6.92 Å². The van der Waals surface area contributed by atoms with Crippen LogP contribution in [0.1, 0.15) is 59.8 Å². The number of rotatable bonds is 7. The van der Waals surface area contributed by atoms with E-state index in [0.717, 1.165) is 25.7 Å². The van der Waals surface area contributed by atoms with Crippen LogP contribution in [0, 0.1) is 5.92 Å². The molecule has 86 valence electrons. The molecule has 2 nitrogen and oxygen atoms in total. The van der Waals surface area contributed by atoms with E-state index in [9.17, 15) is 10.2 Å². The van der Waals surface area contributed by atoms with E-state index in [-0.39, 0.29) is 12.0 Å². The molecule has 0 radical (unpaired) electrons. The van der Waals surface area contributed by atoms with Gasteiger partial charge in [-0.15, -0.1) is 0 Å². The zero-order valence-corrected chi connectivity index (χ0v) is 10.1. The van der Waals surface area contributed by atoms with Gasteiger partial charge in [-0.3, -0.25) is 0 Å². The third-order valence-corrected chi connectivity index (χ3v) is 3.35. The Bertz CT molecular complexity index is 147. The molecule has 0 spiro atoms. The van der Waals surface area contributed by atoms with Crippen molar-refractivity contribution in [3.05, 3.63) is 0 Å². The number of aliphatic hydroxyl groups is 2. The topological polar surface area (TPSA) is 40.5 Å². The molecule has 3 unspecified atom stereocenters. The fourth-order valence-corrected chi connectivity index (χ4v) is 1.92. The molecule has 0 rings (SSSR count). The van der Waals surface area contributed by atoms with Gasteiger partial charge in [0.05, 0.1) is 11.7 Å². The summed E-state index contributed by atoms with van der Waals surface area (Å²) in [6, 6.07) is 0. The van der Waals surface area contributed by atoms with Crippen LogP contribution >= 0.6 is 0 Å². The summed E-state index contributed by atoms with van der Waals surface area (Å²) in [5.41, 5.74) is -0.677. The van der Waals surface area contributed by atoms with Gasteiger partial charge in [-0.25, -0.2) is 0 Å². The van der Waals surface area contributed by atoms with Gasteiger partial charge in [0.15, 0.2) is 0 Å². The highest BCUT2D eigenvalue weighted by Gasteiger charge is 2.32. The smallest absolute Gasteiger partial charge is 0.0695 e.